The minimum atomic E-state index is -0.518. The molecular weight excluding hydrogens is 349 g/mol. The van der Waals surface area contributed by atoms with Crippen LogP contribution >= 0.6 is 23.2 Å². The van der Waals surface area contributed by atoms with Crippen molar-refractivity contribution in [3.8, 4) is 0 Å². The Kier molecular flexibility index (Phi) is 5.02. The fourth-order valence-corrected chi connectivity index (χ4v) is 3.32. The highest BCUT2D eigenvalue weighted by Crippen LogP contribution is 2.25. The van der Waals surface area contributed by atoms with E-state index in [1.165, 1.54) is 6.20 Å². The van der Waals surface area contributed by atoms with Crippen molar-refractivity contribution in [3.05, 3.63) is 58.3 Å². The van der Waals surface area contributed by atoms with Crippen molar-refractivity contribution in [2.45, 2.75) is 18.9 Å². The predicted molar refractivity (Wildman–Crippen MR) is 93.4 cm³/mol. The van der Waals surface area contributed by atoms with E-state index in [0.29, 0.717) is 34.3 Å². The smallest absolute Gasteiger partial charge is 0.256 e. The SMILES string of the molecule is O=C(Nc1cc(Cl)cc(Cl)c1)C1CCCN1C(=O)c1cccnc1. The number of hydrogen-bond acceptors (Lipinski definition) is 3. The number of aromatic nitrogens is 1. The van der Waals surface area contributed by atoms with Crippen LogP contribution in [0.4, 0.5) is 5.69 Å². The van der Waals surface area contributed by atoms with Crippen molar-refractivity contribution in [1.82, 2.24) is 9.88 Å². The fraction of sp³-hybridized carbons (Fsp3) is 0.235. The molecule has 1 saturated heterocycles. The Morgan fingerprint density at radius 2 is 1.96 bits per heavy atom. The van der Waals surface area contributed by atoms with Crippen molar-refractivity contribution < 1.29 is 9.59 Å². The van der Waals surface area contributed by atoms with E-state index < -0.39 is 6.04 Å². The maximum Gasteiger partial charge on any atom is 0.256 e. The fourth-order valence-electron chi connectivity index (χ4n) is 2.79. The third-order valence-corrected chi connectivity index (χ3v) is 4.29. The van der Waals surface area contributed by atoms with Crippen LogP contribution in [0.5, 0.6) is 0 Å². The van der Waals surface area contributed by atoms with Gasteiger partial charge in [0.15, 0.2) is 0 Å². The molecular formula is C17H15Cl2N3O2. The first-order chi connectivity index (χ1) is 11.5. The summed E-state index contributed by atoms with van der Waals surface area (Å²) in [5, 5.41) is 3.66. The van der Waals surface area contributed by atoms with Gasteiger partial charge in [0.25, 0.3) is 5.91 Å². The lowest BCUT2D eigenvalue weighted by molar-refractivity contribution is -0.119. The van der Waals surface area contributed by atoms with E-state index in [-0.39, 0.29) is 11.8 Å². The molecule has 1 N–H and O–H groups in total. The molecule has 1 aromatic heterocycles. The van der Waals surface area contributed by atoms with Crippen molar-refractivity contribution in [2.24, 2.45) is 0 Å². The van der Waals surface area contributed by atoms with E-state index in [0.717, 1.165) is 6.42 Å². The lowest BCUT2D eigenvalue weighted by Crippen LogP contribution is -2.43. The second kappa shape index (κ2) is 7.20. The number of hydrogen-bond donors (Lipinski definition) is 1. The summed E-state index contributed by atoms with van der Waals surface area (Å²) in [6.45, 7) is 0.544. The van der Waals surface area contributed by atoms with Crippen molar-refractivity contribution in [2.75, 3.05) is 11.9 Å². The average Bonchev–Trinajstić information content (AvgIpc) is 3.03. The quantitative estimate of drug-likeness (QED) is 0.905. The maximum absolute atomic E-state index is 12.6. The number of benzene rings is 1. The summed E-state index contributed by atoms with van der Waals surface area (Å²) in [5.74, 6) is -0.437. The minimum absolute atomic E-state index is 0.190. The summed E-state index contributed by atoms with van der Waals surface area (Å²) in [4.78, 5) is 30.7. The Bertz CT molecular complexity index is 747. The summed E-state index contributed by atoms with van der Waals surface area (Å²) in [6, 6.07) is 7.70. The van der Waals surface area contributed by atoms with Crippen LogP contribution < -0.4 is 5.32 Å². The normalized spacial score (nSPS) is 16.9. The summed E-state index contributed by atoms with van der Waals surface area (Å²) in [5.41, 5.74) is 0.987. The van der Waals surface area contributed by atoms with Gasteiger partial charge in [-0.25, -0.2) is 0 Å². The molecule has 7 heteroatoms. The largest absolute Gasteiger partial charge is 0.327 e. The number of rotatable bonds is 3. The molecule has 2 aromatic rings. The molecule has 1 fully saturated rings. The molecule has 2 amide bonds. The number of anilines is 1. The molecule has 1 aliphatic rings. The monoisotopic (exact) mass is 363 g/mol. The number of carbonyl (C=O) groups excluding carboxylic acids is 2. The summed E-state index contributed by atoms with van der Waals surface area (Å²) in [6.07, 6.45) is 4.51. The van der Waals surface area contributed by atoms with E-state index in [4.69, 9.17) is 23.2 Å². The zero-order valence-electron chi connectivity index (χ0n) is 12.7. The molecule has 1 aliphatic heterocycles. The van der Waals surface area contributed by atoms with Gasteiger partial charge >= 0.3 is 0 Å². The Labute approximate surface area is 149 Å². The van der Waals surface area contributed by atoms with Gasteiger partial charge in [0.05, 0.1) is 5.56 Å². The van der Waals surface area contributed by atoms with Gasteiger partial charge in [-0.1, -0.05) is 23.2 Å². The molecule has 0 spiro atoms. The van der Waals surface area contributed by atoms with Crippen LogP contribution in [0.25, 0.3) is 0 Å². The lowest BCUT2D eigenvalue weighted by atomic mass is 10.1. The minimum Gasteiger partial charge on any atom is -0.327 e. The zero-order chi connectivity index (χ0) is 17.1. The number of likely N-dealkylation sites (tertiary alicyclic amines) is 1. The van der Waals surface area contributed by atoms with E-state index in [1.807, 2.05) is 0 Å². The molecule has 0 saturated carbocycles. The van der Waals surface area contributed by atoms with Crippen molar-refractivity contribution in [3.63, 3.8) is 0 Å². The molecule has 1 atom stereocenters. The summed E-state index contributed by atoms with van der Waals surface area (Å²) in [7, 11) is 0. The Morgan fingerprint density at radius 1 is 1.21 bits per heavy atom. The Balaban J connectivity index is 1.75. The highest BCUT2D eigenvalue weighted by Gasteiger charge is 2.34. The van der Waals surface area contributed by atoms with Crippen LogP contribution in [0.2, 0.25) is 10.0 Å². The number of nitrogens with zero attached hydrogens (tertiary/aromatic N) is 2. The van der Waals surface area contributed by atoms with Crippen LogP contribution in [0.3, 0.4) is 0 Å². The number of nitrogens with one attached hydrogen (secondary N) is 1. The second-order valence-corrected chi connectivity index (χ2v) is 6.42. The molecule has 0 bridgehead atoms. The molecule has 1 unspecified atom stereocenters. The maximum atomic E-state index is 12.6. The molecule has 24 heavy (non-hydrogen) atoms. The molecule has 0 aliphatic carbocycles. The van der Waals surface area contributed by atoms with Gasteiger partial charge in [0, 0.05) is 34.7 Å². The zero-order valence-corrected chi connectivity index (χ0v) is 14.2. The Morgan fingerprint density at radius 3 is 2.62 bits per heavy atom. The highest BCUT2D eigenvalue weighted by atomic mass is 35.5. The van der Waals surface area contributed by atoms with Gasteiger partial charge in [0.1, 0.15) is 6.04 Å². The van der Waals surface area contributed by atoms with Gasteiger partial charge in [0.2, 0.25) is 5.91 Å². The molecule has 2 heterocycles. The summed E-state index contributed by atoms with van der Waals surface area (Å²) >= 11 is 11.9. The van der Waals surface area contributed by atoms with Gasteiger partial charge in [-0.3, -0.25) is 14.6 Å². The van der Waals surface area contributed by atoms with Crippen LogP contribution in [0, 0.1) is 0 Å². The molecule has 1 aromatic carbocycles. The van der Waals surface area contributed by atoms with Crippen LogP contribution in [0.15, 0.2) is 42.7 Å². The van der Waals surface area contributed by atoms with E-state index in [2.05, 4.69) is 10.3 Å². The first-order valence-corrected chi connectivity index (χ1v) is 8.28. The summed E-state index contributed by atoms with van der Waals surface area (Å²) < 4.78 is 0. The van der Waals surface area contributed by atoms with E-state index in [9.17, 15) is 9.59 Å². The number of pyridine rings is 1. The number of carbonyl (C=O) groups is 2. The van der Waals surface area contributed by atoms with Gasteiger partial charge in [-0.05, 0) is 43.2 Å². The third-order valence-electron chi connectivity index (χ3n) is 3.85. The van der Waals surface area contributed by atoms with E-state index in [1.54, 1.807) is 41.4 Å². The molecule has 124 valence electrons. The first kappa shape index (κ1) is 16.7. The highest BCUT2D eigenvalue weighted by molar-refractivity contribution is 6.35. The predicted octanol–water partition coefficient (Wildman–Crippen LogP) is 3.63. The first-order valence-electron chi connectivity index (χ1n) is 7.52. The third kappa shape index (κ3) is 3.68. The van der Waals surface area contributed by atoms with Gasteiger partial charge in [-0.15, -0.1) is 0 Å². The number of amides is 2. The molecule has 5 nitrogen and oxygen atoms in total. The standard InChI is InChI=1S/C17H15Cl2N3O2/c18-12-7-13(19)9-14(8-12)21-16(23)15-4-2-6-22(15)17(24)11-3-1-5-20-10-11/h1,3,5,7-10,15H,2,4,6H2,(H,21,23). The van der Waals surface area contributed by atoms with Gasteiger partial charge < -0.3 is 10.2 Å². The second-order valence-electron chi connectivity index (χ2n) is 5.55. The van der Waals surface area contributed by atoms with Gasteiger partial charge in [-0.2, -0.15) is 0 Å². The molecule has 3 rings (SSSR count). The van der Waals surface area contributed by atoms with Crippen LogP contribution in [-0.4, -0.2) is 34.3 Å². The van der Waals surface area contributed by atoms with E-state index >= 15 is 0 Å². The van der Waals surface area contributed by atoms with Crippen molar-refractivity contribution in [1.29, 1.82) is 0 Å². The Hall–Kier alpha value is -2.11. The van der Waals surface area contributed by atoms with Crippen LogP contribution in [0.1, 0.15) is 23.2 Å². The molecule has 0 radical (unpaired) electrons. The topological polar surface area (TPSA) is 62.3 Å². The average molecular weight is 364 g/mol. The lowest BCUT2D eigenvalue weighted by Gasteiger charge is -2.24. The van der Waals surface area contributed by atoms with Crippen molar-refractivity contribution >= 4 is 40.7 Å². The van der Waals surface area contributed by atoms with Crippen LogP contribution in [-0.2, 0) is 4.79 Å². The number of halogens is 2.